The van der Waals surface area contributed by atoms with Gasteiger partial charge in [0.2, 0.25) is 16.0 Å². The van der Waals surface area contributed by atoms with Gasteiger partial charge in [-0.3, -0.25) is 0 Å². The average molecular weight is 296 g/mol. The Balaban J connectivity index is 1.69. The lowest BCUT2D eigenvalue weighted by molar-refractivity contribution is 0.389. The van der Waals surface area contributed by atoms with Crippen LogP contribution in [-0.2, 0) is 10.0 Å². The minimum atomic E-state index is -3.10. The highest BCUT2D eigenvalue weighted by Gasteiger charge is 2.42. The third kappa shape index (κ3) is 2.52. The van der Waals surface area contributed by atoms with Gasteiger partial charge in [0.05, 0.1) is 5.25 Å². The van der Waals surface area contributed by atoms with Crippen LogP contribution in [0.2, 0.25) is 0 Å². The summed E-state index contributed by atoms with van der Waals surface area (Å²) in [6, 6.07) is 0.0329. The Morgan fingerprint density at radius 3 is 2.50 bits per heavy atom. The Kier molecular flexibility index (Phi) is 3.41. The summed E-state index contributed by atoms with van der Waals surface area (Å²) in [5, 5.41) is -0.142. The van der Waals surface area contributed by atoms with Crippen LogP contribution >= 0.6 is 0 Å². The van der Waals surface area contributed by atoms with Crippen LogP contribution in [0.25, 0.3) is 0 Å². The number of hydrogen-bond acceptors (Lipinski definition) is 5. The normalized spacial score (nSPS) is 23.6. The smallest absolute Gasteiger partial charge is 0.225 e. The van der Waals surface area contributed by atoms with E-state index in [1.54, 1.807) is 23.7 Å². The molecule has 1 aliphatic heterocycles. The highest BCUT2D eigenvalue weighted by molar-refractivity contribution is 7.90. The summed E-state index contributed by atoms with van der Waals surface area (Å²) in [7, 11) is -1.39. The van der Waals surface area contributed by atoms with Gasteiger partial charge >= 0.3 is 0 Å². The molecule has 2 fully saturated rings. The molecule has 1 aromatic heterocycles. The van der Waals surface area contributed by atoms with E-state index in [0.29, 0.717) is 12.5 Å². The van der Waals surface area contributed by atoms with Gasteiger partial charge < -0.3 is 4.90 Å². The largest absolute Gasteiger partial charge is 0.339 e. The van der Waals surface area contributed by atoms with E-state index < -0.39 is 10.0 Å². The third-order valence-electron chi connectivity index (χ3n) is 4.07. The van der Waals surface area contributed by atoms with E-state index in [2.05, 4.69) is 14.9 Å². The molecule has 1 aromatic rings. The first-order valence-corrected chi connectivity index (χ1v) is 8.49. The maximum Gasteiger partial charge on any atom is 0.225 e. The predicted octanol–water partition coefficient (Wildman–Crippen LogP) is 0.788. The van der Waals surface area contributed by atoms with Crippen molar-refractivity contribution in [3.63, 3.8) is 0 Å². The lowest BCUT2D eigenvalue weighted by Gasteiger charge is -2.24. The van der Waals surface area contributed by atoms with Crippen LogP contribution in [0.15, 0.2) is 12.4 Å². The molecule has 0 amide bonds. The van der Waals surface area contributed by atoms with Gasteiger partial charge in [0.15, 0.2) is 0 Å². The fourth-order valence-electron chi connectivity index (χ4n) is 2.58. The molecular weight excluding hydrogens is 276 g/mol. The quantitative estimate of drug-likeness (QED) is 0.822. The van der Waals surface area contributed by atoms with Crippen molar-refractivity contribution in [2.24, 2.45) is 0 Å². The summed E-state index contributed by atoms with van der Waals surface area (Å²) in [5.41, 5.74) is 1.03. The van der Waals surface area contributed by atoms with E-state index in [1.807, 2.05) is 6.92 Å². The van der Waals surface area contributed by atoms with Crippen LogP contribution < -0.4 is 4.90 Å². The van der Waals surface area contributed by atoms with Gasteiger partial charge in [0.25, 0.3) is 0 Å². The number of nitrogens with zero attached hydrogens (tertiary/aromatic N) is 4. The number of likely N-dealkylation sites (N-methyl/N-ethyl adjacent to an activating group) is 1. The molecular formula is C13H20N4O2S. The van der Waals surface area contributed by atoms with Gasteiger partial charge in [0.1, 0.15) is 0 Å². The van der Waals surface area contributed by atoms with Crippen molar-refractivity contribution in [3.8, 4) is 0 Å². The van der Waals surface area contributed by atoms with Crippen LogP contribution in [0.5, 0.6) is 0 Å². The van der Waals surface area contributed by atoms with E-state index in [1.165, 1.54) is 0 Å². The molecule has 7 heteroatoms. The number of aromatic nitrogens is 2. The number of sulfonamides is 1. The SMILES string of the molecule is Cc1cnc(N2CCC(N(C)S(=O)(=O)C3CC3)C2)nc1. The van der Waals surface area contributed by atoms with E-state index in [-0.39, 0.29) is 11.3 Å². The van der Waals surface area contributed by atoms with E-state index in [4.69, 9.17) is 0 Å². The Morgan fingerprint density at radius 1 is 1.25 bits per heavy atom. The standard InChI is InChI=1S/C13H20N4O2S/c1-10-7-14-13(15-8-10)17-6-5-11(9-17)16(2)20(18,19)12-3-4-12/h7-8,11-12H,3-6,9H2,1-2H3. The third-order valence-corrected chi connectivity index (χ3v) is 6.49. The first kappa shape index (κ1) is 13.8. The van der Waals surface area contributed by atoms with Gasteiger partial charge in [-0.2, -0.15) is 4.31 Å². The van der Waals surface area contributed by atoms with Gasteiger partial charge in [-0.05, 0) is 31.7 Å². The zero-order chi connectivity index (χ0) is 14.3. The van der Waals surface area contributed by atoms with Crippen molar-refractivity contribution in [2.75, 3.05) is 25.0 Å². The van der Waals surface area contributed by atoms with E-state index >= 15 is 0 Å². The maximum atomic E-state index is 12.2. The van der Waals surface area contributed by atoms with Crippen molar-refractivity contribution in [3.05, 3.63) is 18.0 Å². The molecule has 1 saturated heterocycles. The second-order valence-corrected chi connectivity index (χ2v) is 7.98. The Labute approximate surface area is 119 Å². The summed E-state index contributed by atoms with van der Waals surface area (Å²) in [5.74, 6) is 0.690. The zero-order valence-corrected chi connectivity index (χ0v) is 12.7. The van der Waals surface area contributed by atoms with Crippen LogP contribution in [0.3, 0.4) is 0 Å². The molecule has 0 N–H and O–H groups in total. The average Bonchev–Trinajstić information content (AvgIpc) is 3.18. The van der Waals surface area contributed by atoms with Crippen LogP contribution in [0.1, 0.15) is 24.8 Å². The van der Waals surface area contributed by atoms with Crippen molar-refractivity contribution in [1.82, 2.24) is 14.3 Å². The molecule has 1 aliphatic carbocycles. The molecule has 0 spiro atoms. The minimum Gasteiger partial charge on any atom is -0.339 e. The summed E-state index contributed by atoms with van der Waals surface area (Å²) in [6.07, 6.45) is 6.04. The fourth-order valence-corrected chi connectivity index (χ4v) is 4.37. The van der Waals surface area contributed by atoms with Crippen LogP contribution in [-0.4, -0.2) is 54.1 Å². The van der Waals surface area contributed by atoms with E-state index in [0.717, 1.165) is 31.4 Å². The first-order chi connectivity index (χ1) is 9.48. The van der Waals surface area contributed by atoms with Gasteiger partial charge in [-0.15, -0.1) is 0 Å². The van der Waals surface area contributed by atoms with Crippen molar-refractivity contribution in [2.45, 2.75) is 37.5 Å². The number of anilines is 1. The van der Waals surface area contributed by atoms with Crippen molar-refractivity contribution < 1.29 is 8.42 Å². The Hall–Kier alpha value is -1.21. The van der Waals surface area contributed by atoms with E-state index in [9.17, 15) is 8.42 Å². The monoisotopic (exact) mass is 296 g/mol. The lowest BCUT2D eigenvalue weighted by atomic mass is 10.3. The zero-order valence-electron chi connectivity index (χ0n) is 11.9. The van der Waals surface area contributed by atoms with Crippen LogP contribution in [0, 0.1) is 6.92 Å². The molecule has 20 heavy (non-hydrogen) atoms. The molecule has 3 rings (SSSR count). The topological polar surface area (TPSA) is 66.4 Å². The summed E-state index contributed by atoms with van der Waals surface area (Å²) in [4.78, 5) is 10.7. The molecule has 1 unspecified atom stereocenters. The number of aryl methyl sites for hydroxylation is 1. The van der Waals surface area contributed by atoms with Crippen LogP contribution in [0.4, 0.5) is 5.95 Å². The first-order valence-electron chi connectivity index (χ1n) is 6.99. The molecule has 1 saturated carbocycles. The molecule has 1 atom stereocenters. The molecule has 0 aromatic carbocycles. The van der Waals surface area contributed by atoms with Gasteiger partial charge in [-0.25, -0.2) is 18.4 Å². The molecule has 6 nitrogen and oxygen atoms in total. The molecule has 2 aliphatic rings. The van der Waals surface area contributed by atoms with Crippen molar-refractivity contribution in [1.29, 1.82) is 0 Å². The second kappa shape index (κ2) is 4.96. The molecule has 0 radical (unpaired) electrons. The highest BCUT2D eigenvalue weighted by Crippen LogP contribution is 2.32. The van der Waals surface area contributed by atoms with Gasteiger partial charge in [-0.1, -0.05) is 0 Å². The lowest BCUT2D eigenvalue weighted by Crippen LogP contribution is -2.40. The minimum absolute atomic E-state index is 0.0329. The summed E-state index contributed by atoms with van der Waals surface area (Å²) >= 11 is 0. The molecule has 0 bridgehead atoms. The van der Waals surface area contributed by atoms with Crippen molar-refractivity contribution >= 4 is 16.0 Å². The summed E-state index contributed by atoms with van der Waals surface area (Å²) < 4.78 is 26.1. The maximum absolute atomic E-state index is 12.2. The fraction of sp³-hybridized carbons (Fsp3) is 0.692. The second-order valence-electron chi connectivity index (χ2n) is 5.71. The summed E-state index contributed by atoms with van der Waals surface area (Å²) in [6.45, 7) is 3.43. The number of hydrogen-bond donors (Lipinski definition) is 0. The Bertz CT molecular complexity index is 583. The predicted molar refractivity (Wildman–Crippen MR) is 77.1 cm³/mol. The molecule has 110 valence electrons. The van der Waals surface area contributed by atoms with Gasteiger partial charge in [0, 0.05) is 38.6 Å². The number of rotatable bonds is 4. The highest BCUT2D eigenvalue weighted by atomic mass is 32.2. The Morgan fingerprint density at radius 2 is 1.90 bits per heavy atom. The molecule has 2 heterocycles.